The van der Waals surface area contributed by atoms with E-state index in [1.54, 1.807) is 0 Å². The van der Waals surface area contributed by atoms with E-state index >= 15 is 0 Å². The maximum absolute atomic E-state index is 14.9. The lowest BCUT2D eigenvalue weighted by Gasteiger charge is -2.50. The fraction of sp³-hybridized carbons (Fsp3) is 0.958. The average Bonchev–Trinajstić information content (AvgIpc) is 0.754. The van der Waals surface area contributed by atoms with Crippen molar-refractivity contribution in [2.45, 2.75) is 550 Å². The summed E-state index contributed by atoms with van der Waals surface area (Å²) in [5.74, 6) is -2.25. The predicted octanol–water partition coefficient (Wildman–Crippen LogP) is 19.2. The van der Waals surface area contributed by atoms with Crippen LogP contribution < -0.4 is 0 Å². The standard InChI is InChI=1S/C95H179O25P/c1-6-10-14-18-22-25-28-31-34-37-38-41-44-47-54-60-66-78(97)111-71-75(114-80(99)68-62-56-48-45-42-39-35-32-29-26-23-19-15-11-7-2)72-113-121(109,110)120-93-91(118-94-88(107)84(103)82(101)76(70-96)115-94)87(106)86(105)90(117-81(100)69-63-57-49-46-43-40-36-33-30-27-24-20-16-12-8-3)92(93)119-95-89(108)85(104)83(102)77(116-95)73-112-79(98)67-61-55-51-50-53-59-65-74(5)64-58-52-21-17-13-9-4/h74-77,82-96,101-108H,6-73H2,1-5H3,(H,109,110). The summed E-state index contributed by atoms with van der Waals surface area (Å²) in [5, 5.41) is 103. The molecule has 3 rings (SSSR count). The molecule has 19 atom stereocenters. The minimum atomic E-state index is -5.81. The highest BCUT2D eigenvalue weighted by atomic mass is 31.2. The molecule has 0 aromatic heterocycles. The Labute approximate surface area is 731 Å². The van der Waals surface area contributed by atoms with E-state index in [9.17, 15) is 74.6 Å². The summed E-state index contributed by atoms with van der Waals surface area (Å²) < 4.78 is 73.7. The number of rotatable bonds is 81. The van der Waals surface area contributed by atoms with Gasteiger partial charge >= 0.3 is 31.7 Å². The monoisotopic (exact) mass is 1750 g/mol. The largest absolute Gasteiger partial charge is 0.472 e. The molecule has 2 heterocycles. The van der Waals surface area contributed by atoms with Crippen molar-refractivity contribution in [1.82, 2.24) is 0 Å². The minimum absolute atomic E-state index is 0.0175. The van der Waals surface area contributed by atoms with Gasteiger partial charge < -0.3 is 88.7 Å². The van der Waals surface area contributed by atoms with Gasteiger partial charge in [-0.2, -0.15) is 0 Å². The summed E-state index contributed by atoms with van der Waals surface area (Å²) in [6.07, 6.45) is 30.7. The lowest BCUT2D eigenvalue weighted by molar-refractivity contribution is -0.360. The van der Waals surface area contributed by atoms with Crippen molar-refractivity contribution in [2.24, 2.45) is 5.92 Å². The van der Waals surface area contributed by atoms with E-state index in [1.165, 1.54) is 225 Å². The number of phosphoric ester groups is 1. The van der Waals surface area contributed by atoms with Crippen LogP contribution in [0.5, 0.6) is 0 Å². The Morgan fingerprint density at radius 1 is 0.322 bits per heavy atom. The van der Waals surface area contributed by atoms with Crippen molar-refractivity contribution in [3.05, 3.63) is 0 Å². The molecule has 0 aromatic rings. The number of hydrogen-bond donors (Lipinski definition) is 10. The van der Waals surface area contributed by atoms with Crippen LogP contribution in [0.4, 0.5) is 0 Å². The number of hydrogen-bond acceptors (Lipinski definition) is 24. The molecule has 0 bridgehead atoms. The molecule has 3 fully saturated rings. The van der Waals surface area contributed by atoms with Gasteiger partial charge in [0.1, 0.15) is 92.6 Å². The lowest BCUT2D eigenvalue weighted by Crippen LogP contribution is -2.70. The highest BCUT2D eigenvalue weighted by molar-refractivity contribution is 7.47. The number of unbranched alkanes of at least 4 members (excludes halogenated alkanes) is 53. The van der Waals surface area contributed by atoms with Crippen LogP contribution in [0.2, 0.25) is 0 Å². The van der Waals surface area contributed by atoms with Crippen LogP contribution >= 0.6 is 7.82 Å². The Kier molecular flexibility index (Phi) is 68.2. The van der Waals surface area contributed by atoms with Crippen LogP contribution in [0.3, 0.4) is 0 Å². The summed E-state index contributed by atoms with van der Waals surface area (Å²) in [6.45, 7) is 7.99. The molecule has 1 aliphatic carbocycles. The van der Waals surface area contributed by atoms with E-state index in [4.69, 9.17) is 46.9 Å². The Balaban J connectivity index is 1.90. The zero-order chi connectivity index (χ0) is 88.4. The smallest absolute Gasteiger partial charge is 0.463 e. The first-order valence-corrected chi connectivity index (χ1v) is 51.2. The first-order chi connectivity index (χ1) is 58.6. The van der Waals surface area contributed by atoms with Gasteiger partial charge in [-0.05, 0) is 31.6 Å². The summed E-state index contributed by atoms with van der Waals surface area (Å²) in [7, 11) is -5.81. The molecule has 2 aliphatic heterocycles. The van der Waals surface area contributed by atoms with Gasteiger partial charge in [0.25, 0.3) is 0 Å². The van der Waals surface area contributed by atoms with E-state index in [0.29, 0.717) is 38.0 Å². The zero-order valence-corrected chi connectivity index (χ0v) is 77.4. The number of esters is 4. The van der Waals surface area contributed by atoms with Gasteiger partial charge in [0.05, 0.1) is 13.2 Å². The van der Waals surface area contributed by atoms with Gasteiger partial charge in [0.15, 0.2) is 24.8 Å². The Morgan fingerprint density at radius 2 is 0.620 bits per heavy atom. The number of ether oxygens (including phenoxy) is 8. The summed E-state index contributed by atoms with van der Waals surface area (Å²) in [6, 6.07) is 0. The normalized spacial score (nSPS) is 24.8. The lowest BCUT2D eigenvalue weighted by atomic mass is 9.84. The summed E-state index contributed by atoms with van der Waals surface area (Å²) >= 11 is 0. The van der Waals surface area contributed by atoms with Crippen LogP contribution in [0, 0.1) is 5.92 Å². The average molecular weight is 1750 g/mol. The topological polar surface area (TPSA) is 380 Å². The highest BCUT2D eigenvalue weighted by Gasteiger charge is 2.60. The zero-order valence-electron chi connectivity index (χ0n) is 76.5. The summed E-state index contributed by atoms with van der Waals surface area (Å²) in [4.78, 5) is 66.7. The molecular weight excluding hydrogens is 1570 g/mol. The second kappa shape index (κ2) is 73.3. The molecule has 0 amide bonds. The first kappa shape index (κ1) is 113. The van der Waals surface area contributed by atoms with Gasteiger partial charge in [-0.1, -0.05) is 394 Å². The van der Waals surface area contributed by atoms with Gasteiger partial charge in [0, 0.05) is 25.7 Å². The van der Waals surface area contributed by atoms with Gasteiger partial charge in [-0.15, -0.1) is 0 Å². The maximum atomic E-state index is 14.9. The van der Waals surface area contributed by atoms with Crippen molar-refractivity contribution >= 4 is 31.7 Å². The number of phosphoric acid groups is 1. The minimum Gasteiger partial charge on any atom is -0.463 e. The highest BCUT2D eigenvalue weighted by Crippen LogP contribution is 2.49. The molecule has 2 saturated heterocycles. The second-order valence-electron chi connectivity index (χ2n) is 35.9. The second-order valence-corrected chi connectivity index (χ2v) is 37.3. The number of aliphatic hydroxyl groups excluding tert-OH is 9. The van der Waals surface area contributed by atoms with Crippen LogP contribution in [0.1, 0.15) is 446 Å². The Hall–Kier alpha value is -2.53. The third kappa shape index (κ3) is 53.3. The van der Waals surface area contributed by atoms with E-state index in [2.05, 4.69) is 34.6 Å². The predicted molar refractivity (Wildman–Crippen MR) is 472 cm³/mol. The number of carbonyl (C=O) groups is 4. The molecule has 121 heavy (non-hydrogen) atoms. The fourth-order valence-electron chi connectivity index (χ4n) is 16.8. The van der Waals surface area contributed by atoms with Crippen LogP contribution in [-0.2, 0) is 70.7 Å². The van der Waals surface area contributed by atoms with Gasteiger partial charge in [0.2, 0.25) is 0 Å². The molecule has 0 spiro atoms. The van der Waals surface area contributed by atoms with E-state index in [1.807, 2.05) is 0 Å². The van der Waals surface area contributed by atoms with E-state index in [0.717, 1.165) is 128 Å². The van der Waals surface area contributed by atoms with Crippen molar-refractivity contribution in [2.75, 3.05) is 26.4 Å². The third-order valence-electron chi connectivity index (χ3n) is 24.8. The molecule has 3 aliphatic rings. The van der Waals surface area contributed by atoms with Crippen molar-refractivity contribution < 1.29 is 122 Å². The van der Waals surface area contributed by atoms with Crippen molar-refractivity contribution in [1.29, 1.82) is 0 Å². The van der Waals surface area contributed by atoms with E-state index in [-0.39, 0.29) is 25.7 Å². The van der Waals surface area contributed by atoms with Crippen molar-refractivity contribution in [3.8, 4) is 0 Å². The molecule has 714 valence electrons. The fourth-order valence-corrected chi connectivity index (χ4v) is 17.8. The molecular formula is C95H179O25P. The molecule has 0 aromatic carbocycles. The number of carbonyl (C=O) groups excluding carboxylic acids is 4. The van der Waals surface area contributed by atoms with Crippen molar-refractivity contribution in [3.63, 3.8) is 0 Å². The molecule has 25 nitrogen and oxygen atoms in total. The van der Waals surface area contributed by atoms with Gasteiger partial charge in [-0.3, -0.25) is 28.2 Å². The Bertz CT molecular complexity index is 2520. The maximum Gasteiger partial charge on any atom is 0.472 e. The molecule has 19 unspecified atom stereocenters. The van der Waals surface area contributed by atoms with Crippen LogP contribution in [0.15, 0.2) is 0 Å². The van der Waals surface area contributed by atoms with Crippen LogP contribution in [0.25, 0.3) is 0 Å². The Morgan fingerprint density at radius 3 is 0.983 bits per heavy atom. The first-order valence-electron chi connectivity index (χ1n) is 49.7. The SMILES string of the molecule is CCCCCCCCCCCCCCCCCCC(=O)OCC(COP(=O)(O)OC1C(OC2OC(CO)C(O)C(O)C2O)C(O)C(O)C(OC(=O)CCCCCCCCCCCCCCCCC)C1OC1OC(COC(=O)CCCCCCCCC(C)CCCCCCCC)C(O)C(O)C1O)OC(=O)CCCCCCCCCCCCCCCCC. The quantitative estimate of drug-likeness (QED) is 0.0117. The van der Waals surface area contributed by atoms with E-state index < -0.39 is 162 Å². The summed E-state index contributed by atoms with van der Waals surface area (Å²) in [5.41, 5.74) is 0. The third-order valence-corrected chi connectivity index (χ3v) is 25.7. The molecule has 26 heteroatoms. The van der Waals surface area contributed by atoms with Gasteiger partial charge in [-0.25, -0.2) is 4.57 Å². The number of aliphatic hydroxyl groups is 9. The van der Waals surface area contributed by atoms with Crippen LogP contribution in [-0.4, -0.2) is 205 Å². The molecule has 10 N–H and O–H groups in total. The molecule has 1 saturated carbocycles. The molecule has 0 radical (unpaired) electrons.